The van der Waals surface area contributed by atoms with E-state index >= 15 is 0 Å². The molecule has 0 aromatic rings. The molecule has 2 heterocycles. The van der Waals surface area contributed by atoms with E-state index < -0.39 is 0 Å². The fourth-order valence-corrected chi connectivity index (χ4v) is 3.80. The molecule has 2 aliphatic heterocycles. The van der Waals surface area contributed by atoms with Crippen molar-refractivity contribution in [2.24, 2.45) is 17.8 Å². The average molecular weight is 236 g/mol. The number of rotatable bonds is 1. The Balaban J connectivity index is 1.89. The summed E-state index contributed by atoms with van der Waals surface area (Å²) in [5, 5.41) is 3.26. The Morgan fingerprint density at radius 3 is 2.29 bits per heavy atom. The highest BCUT2D eigenvalue weighted by Crippen LogP contribution is 2.45. The van der Waals surface area contributed by atoms with Gasteiger partial charge >= 0.3 is 0 Å². The molecule has 0 aromatic carbocycles. The minimum atomic E-state index is -0.276. The van der Waals surface area contributed by atoms with Crippen molar-refractivity contribution in [1.29, 1.82) is 0 Å². The summed E-state index contributed by atoms with van der Waals surface area (Å²) in [7, 11) is 0. The van der Waals surface area contributed by atoms with Crippen molar-refractivity contribution >= 4 is 11.8 Å². The lowest BCUT2D eigenvalue weighted by Gasteiger charge is -2.33. The molecule has 2 amide bonds. The van der Waals surface area contributed by atoms with Crippen LogP contribution in [0.15, 0.2) is 0 Å². The number of hydrogen-bond donors (Lipinski definition) is 1. The number of likely N-dealkylation sites (tertiary alicyclic amines) is 1. The summed E-state index contributed by atoms with van der Waals surface area (Å²) < 4.78 is 0. The second-order valence-electron chi connectivity index (χ2n) is 6.23. The van der Waals surface area contributed by atoms with Crippen molar-refractivity contribution in [3.05, 3.63) is 0 Å². The highest BCUT2D eigenvalue weighted by molar-refractivity contribution is 6.06. The normalized spacial score (nSPS) is 45.8. The molecule has 3 atom stereocenters. The molecule has 17 heavy (non-hydrogen) atoms. The lowest BCUT2D eigenvalue weighted by atomic mass is 9.98. The van der Waals surface area contributed by atoms with Crippen molar-refractivity contribution in [3.8, 4) is 0 Å². The molecule has 0 radical (unpaired) electrons. The number of nitrogens with zero attached hydrogens (tertiary/aromatic N) is 1. The van der Waals surface area contributed by atoms with Gasteiger partial charge in [0.05, 0.1) is 17.4 Å². The van der Waals surface area contributed by atoms with Crippen LogP contribution in [0.2, 0.25) is 0 Å². The van der Waals surface area contributed by atoms with Gasteiger partial charge in [-0.1, -0.05) is 6.92 Å². The SMILES string of the molecule is CC1CC2C(=O)N(C3(C)CCNC3)C(=O)C2C1. The average Bonchev–Trinajstić information content (AvgIpc) is 2.89. The van der Waals surface area contributed by atoms with E-state index in [4.69, 9.17) is 0 Å². The fourth-order valence-electron chi connectivity index (χ4n) is 3.80. The molecule has 2 saturated heterocycles. The Kier molecular flexibility index (Phi) is 2.34. The Labute approximate surface area is 102 Å². The van der Waals surface area contributed by atoms with Crippen LogP contribution in [-0.4, -0.2) is 35.3 Å². The third kappa shape index (κ3) is 1.46. The molecule has 1 aliphatic carbocycles. The minimum absolute atomic E-state index is 0.0186. The van der Waals surface area contributed by atoms with Crippen LogP contribution in [0.3, 0.4) is 0 Å². The summed E-state index contributed by atoms with van der Waals surface area (Å²) in [6, 6.07) is 0. The maximum atomic E-state index is 12.4. The van der Waals surface area contributed by atoms with Crippen molar-refractivity contribution < 1.29 is 9.59 Å². The van der Waals surface area contributed by atoms with E-state index in [-0.39, 0.29) is 29.2 Å². The number of fused-ring (bicyclic) bond motifs is 1. The first-order chi connectivity index (χ1) is 8.03. The molecule has 3 rings (SSSR count). The predicted molar refractivity (Wildman–Crippen MR) is 63.1 cm³/mol. The molecule has 0 spiro atoms. The highest BCUT2D eigenvalue weighted by Gasteiger charge is 2.56. The monoisotopic (exact) mass is 236 g/mol. The van der Waals surface area contributed by atoms with Gasteiger partial charge in [-0.15, -0.1) is 0 Å². The summed E-state index contributed by atoms with van der Waals surface area (Å²) in [5.74, 6) is 0.672. The summed E-state index contributed by atoms with van der Waals surface area (Å²) in [6.07, 6.45) is 2.68. The maximum Gasteiger partial charge on any atom is 0.233 e. The Morgan fingerprint density at radius 1 is 1.24 bits per heavy atom. The number of imide groups is 1. The molecule has 0 bridgehead atoms. The number of amides is 2. The number of carbonyl (C=O) groups is 2. The van der Waals surface area contributed by atoms with Crippen LogP contribution in [0.5, 0.6) is 0 Å². The van der Waals surface area contributed by atoms with Crippen LogP contribution in [0.25, 0.3) is 0 Å². The highest BCUT2D eigenvalue weighted by atomic mass is 16.2. The molecule has 4 nitrogen and oxygen atoms in total. The number of carbonyl (C=O) groups excluding carboxylic acids is 2. The minimum Gasteiger partial charge on any atom is -0.314 e. The van der Waals surface area contributed by atoms with Crippen LogP contribution >= 0.6 is 0 Å². The van der Waals surface area contributed by atoms with Crippen molar-refractivity contribution in [2.45, 2.75) is 38.6 Å². The number of nitrogens with one attached hydrogen (secondary N) is 1. The summed E-state index contributed by atoms with van der Waals surface area (Å²) in [6.45, 7) is 5.83. The van der Waals surface area contributed by atoms with Crippen LogP contribution < -0.4 is 5.32 Å². The zero-order valence-electron chi connectivity index (χ0n) is 10.5. The van der Waals surface area contributed by atoms with Crippen molar-refractivity contribution in [3.63, 3.8) is 0 Å². The molecule has 3 aliphatic rings. The van der Waals surface area contributed by atoms with Gasteiger partial charge < -0.3 is 5.32 Å². The zero-order chi connectivity index (χ0) is 12.2. The van der Waals surface area contributed by atoms with Gasteiger partial charge in [0.2, 0.25) is 11.8 Å². The molecular weight excluding hydrogens is 216 g/mol. The van der Waals surface area contributed by atoms with E-state index in [2.05, 4.69) is 12.2 Å². The van der Waals surface area contributed by atoms with Gasteiger partial charge in [0.25, 0.3) is 0 Å². The molecular formula is C13H20N2O2. The Hall–Kier alpha value is -0.900. The van der Waals surface area contributed by atoms with Gasteiger partial charge in [-0.3, -0.25) is 14.5 Å². The summed E-state index contributed by atoms with van der Waals surface area (Å²) >= 11 is 0. The van der Waals surface area contributed by atoms with E-state index in [1.165, 1.54) is 0 Å². The van der Waals surface area contributed by atoms with E-state index in [0.29, 0.717) is 5.92 Å². The van der Waals surface area contributed by atoms with Crippen LogP contribution in [0.4, 0.5) is 0 Å². The quantitative estimate of drug-likeness (QED) is 0.684. The molecule has 3 unspecified atom stereocenters. The predicted octanol–water partition coefficient (Wildman–Crippen LogP) is 0.770. The van der Waals surface area contributed by atoms with Gasteiger partial charge in [-0.2, -0.15) is 0 Å². The Morgan fingerprint density at radius 2 is 1.82 bits per heavy atom. The third-order valence-electron chi connectivity index (χ3n) is 4.76. The van der Waals surface area contributed by atoms with E-state index in [1.54, 1.807) is 4.90 Å². The third-order valence-corrected chi connectivity index (χ3v) is 4.76. The molecule has 1 N–H and O–H groups in total. The standard InChI is InChI=1S/C13H20N2O2/c1-8-5-9-10(6-8)12(17)15(11(9)16)13(2)3-4-14-7-13/h8-10,14H,3-7H2,1-2H3. The van der Waals surface area contributed by atoms with Crippen LogP contribution in [0, 0.1) is 17.8 Å². The molecule has 3 fully saturated rings. The molecule has 0 aromatic heterocycles. The van der Waals surface area contributed by atoms with Gasteiger partial charge in [0.15, 0.2) is 0 Å². The zero-order valence-corrected chi connectivity index (χ0v) is 10.5. The van der Waals surface area contributed by atoms with E-state index in [0.717, 1.165) is 32.4 Å². The fraction of sp³-hybridized carbons (Fsp3) is 0.846. The topological polar surface area (TPSA) is 49.4 Å². The molecule has 94 valence electrons. The first kappa shape index (κ1) is 11.2. The molecule has 4 heteroatoms. The summed E-state index contributed by atoms with van der Waals surface area (Å²) in [4.78, 5) is 26.4. The van der Waals surface area contributed by atoms with Crippen LogP contribution in [0.1, 0.15) is 33.1 Å². The largest absolute Gasteiger partial charge is 0.314 e. The second kappa shape index (κ2) is 3.55. The van der Waals surface area contributed by atoms with Gasteiger partial charge in [0.1, 0.15) is 0 Å². The number of hydrogen-bond acceptors (Lipinski definition) is 3. The van der Waals surface area contributed by atoms with Gasteiger partial charge in [0, 0.05) is 6.54 Å². The van der Waals surface area contributed by atoms with Crippen LogP contribution in [-0.2, 0) is 9.59 Å². The van der Waals surface area contributed by atoms with Gasteiger partial charge in [-0.25, -0.2) is 0 Å². The second-order valence-corrected chi connectivity index (χ2v) is 6.23. The lowest BCUT2D eigenvalue weighted by Crippen LogP contribution is -2.52. The first-order valence-electron chi connectivity index (χ1n) is 6.61. The maximum absolute atomic E-state index is 12.4. The lowest BCUT2D eigenvalue weighted by molar-refractivity contribution is -0.146. The van der Waals surface area contributed by atoms with Gasteiger partial charge in [-0.05, 0) is 38.6 Å². The van der Waals surface area contributed by atoms with Crippen molar-refractivity contribution in [1.82, 2.24) is 10.2 Å². The Bertz CT molecular complexity index is 350. The van der Waals surface area contributed by atoms with E-state index in [1.807, 2.05) is 6.92 Å². The summed E-state index contributed by atoms with van der Waals surface area (Å²) in [5.41, 5.74) is -0.276. The smallest absolute Gasteiger partial charge is 0.233 e. The first-order valence-corrected chi connectivity index (χ1v) is 6.61. The van der Waals surface area contributed by atoms with Crippen molar-refractivity contribution in [2.75, 3.05) is 13.1 Å². The van der Waals surface area contributed by atoms with E-state index in [9.17, 15) is 9.59 Å². The molecule has 1 saturated carbocycles.